The molecule has 2 N–H and O–H groups in total. The summed E-state index contributed by atoms with van der Waals surface area (Å²) in [5.41, 5.74) is 10.8. The average Bonchev–Trinajstić information content (AvgIpc) is 2.93. The summed E-state index contributed by atoms with van der Waals surface area (Å²) >= 11 is 6.94. The van der Waals surface area contributed by atoms with Gasteiger partial charge in [0, 0.05) is 29.6 Å². The third-order valence-corrected chi connectivity index (χ3v) is 5.64. The Morgan fingerprint density at radius 2 is 2.24 bits per heavy atom. The molecule has 0 bridgehead atoms. The quantitative estimate of drug-likeness (QED) is 0.873. The number of thiophene rings is 1. The lowest BCUT2D eigenvalue weighted by Gasteiger charge is -2.34. The van der Waals surface area contributed by atoms with Crippen molar-refractivity contribution in [3.63, 3.8) is 0 Å². The second kappa shape index (κ2) is 5.87. The van der Waals surface area contributed by atoms with Crippen LogP contribution >= 0.6 is 23.6 Å². The van der Waals surface area contributed by atoms with E-state index in [2.05, 4.69) is 42.3 Å². The lowest BCUT2D eigenvalue weighted by Crippen LogP contribution is -2.32. The zero-order chi connectivity index (χ0) is 15.0. The van der Waals surface area contributed by atoms with Crippen molar-refractivity contribution in [3.8, 4) is 0 Å². The van der Waals surface area contributed by atoms with Gasteiger partial charge in [0.2, 0.25) is 0 Å². The van der Waals surface area contributed by atoms with Gasteiger partial charge < -0.3 is 5.73 Å². The summed E-state index contributed by atoms with van der Waals surface area (Å²) in [5.74, 6) is 0. The highest BCUT2D eigenvalue weighted by Crippen LogP contribution is 2.33. The minimum Gasteiger partial charge on any atom is -0.389 e. The van der Waals surface area contributed by atoms with Crippen molar-refractivity contribution in [2.75, 3.05) is 6.54 Å². The van der Waals surface area contributed by atoms with Crippen LogP contribution in [0.1, 0.15) is 40.1 Å². The molecule has 0 fully saturated rings. The monoisotopic (exact) mass is 316 g/mol. The number of fused-ring (bicyclic) bond motifs is 1. The van der Waals surface area contributed by atoms with E-state index in [1.54, 1.807) is 4.88 Å². The molecule has 1 aromatic heterocycles. The molecule has 0 saturated carbocycles. The van der Waals surface area contributed by atoms with Crippen molar-refractivity contribution in [1.82, 2.24) is 4.90 Å². The van der Waals surface area contributed by atoms with Crippen molar-refractivity contribution in [1.29, 1.82) is 0 Å². The van der Waals surface area contributed by atoms with E-state index in [1.807, 2.05) is 17.4 Å². The van der Waals surface area contributed by atoms with Crippen LogP contribution in [0.2, 0.25) is 0 Å². The molecule has 2 heterocycles. The molecule has 1 aliphatic rings. The highest BCUT2D eigenvalue weighted by molar-refractivity contribution is 7.80. The molecule has 4 heteroatoms. The fraction of sp³-hybridized carbons (Fsp3) is 0.353. The molecule has 21 heavy (non-hydrogen) atoms. The maximum atomic E-state index is 5.70. The highest BCUT2D eigenvalue weighted by Gasteiger charge is 2.24. The zero-order valence-electron chi connectivity index (χ0n) is 12.4. The van der Waals surface area contributed by atoms with E-state index < -0.39 is 0 Å². The lowest BCUT2D eigenvalue weighted by molar-refractivity contribution is 0.191. The van der Waals surface area contributed by atoms with Gasteiger partial charge in [-0.15, -0.1) is 11.3 Å². The number of aryl methyl sites for hydroxylation is 1. The molecule has 0 amide bonds. The summed E-state index contributed by atoms with van der Waals surface area (Å²) in [6.45, 7) is 6.57. The Morgan fingerprint density at radius 3 is 2.95 bits per heavy atom. The largest absolute Gasteiger partial charge is 0.389 e. The first kappa shape index (κ1) is 14.7. The van der Waals surface area contributed by atoms with Gasteiger partial charge in [0.1, 0.15) is 4.99 Å². The number of nitrogens with two attached hydrogens (primary N) is 1. The van der Waals surface area contributed by atoms with Gasteiger partial charge in [0.25, 0.3) is 0 Å². The van der Waals surface area contributed by atoms with Crippen molar-refractivity contribution in [2.24, 2.45) is 5.73 Å². The Labute approximate surface area is 135 Å². The summed E-state index contributed by atoms with van der Waals surface area (Å²) in [6.07, 6.45) is 1.17. The van der Waals surface area contributed by atoms with Crippen LogP contribution in [0.4, 0.5) is 0 Å². The van der Waals surface area contributed by atoms with Crippen molar-refractivity contribution >= 4 is 28.5 Å². The minimum absolute atomic E-state index is 0.471. The first-order chi connectivity index (χ1) is 10.1. The smallest absolute Gasteiger partial charge is 0.103 e. The molecule has 0 aliphatic carbocycles. The van der Waals surface area contributed by atoms with Crippen LogP contribution < -0.4 is 5.73 Å². The first-order valence-electron chi connectivity index (χ1n) is 7.26. The van der Waals surface area contributed by atoms with Gasteiger partial charge in [-0.3, -0.25) is 4.90 Å². The molecular formula is C17H20N2S2. The summed E-state index contributed by atoms with van der Waals surface area (Å²) in [5, 5.41) is 2.22. The van der Waals surface area contributed by atoms with Crippen molar-refractivity contribution < 1.29 is 0 Å². The molecule has 0 saturated heterocycles. The third kappa shape index (κ3) is 2.89. The normalized spacial score (nSPS) is 18.5. The summed E-state index contributed by atoms with van der Waals surface area (Å²) in [4.78, 5) is 4.58. The Hall–Kier alpha value is -1.23. The number of thiocarbonyl (C=S) groups is 1. The minimum atomic E-state index is 0.471. The van der Waals surface area contributed by atoms with Gasteiger partial charge in [-0.05, 0) is 54.5 Å². The Balaban J connectivity index is 1.80. The topological polar surface area (TPSA) is 29.3 Å². The van der Waals surface area contributed by atoms with Crippen LogP contribution in [0, 0.1) is 6.92 Å². The summed E-state index contributed by atoms with van der Waals surface area (Å²) in [6, 6.07) is 9.08. The van der Waals surface area contributed by atoms with Gasteiger partial charge in [-0.25, -0.2) is 0 Å². The predicted octanol–water partition coefficient (Wildman–Crippen LogP) is 3.81. The molecular weight excluding hydrogens is 296 g/mol. The predicted molar refractivity (Wildman–Crippen MR) is 93.9 cm³/mol. The second-order valence-corrected chi connectivity index (χ2v) is 7.14. The summed E-state index contributed by atoms with van der Waals surface area (Å²) in [7, 11) is 0. The zero-order valence-corrected chi connectivity index (χ0v) is 14.1. The maximum absolute atomic E-state index is 5.70. The van der Waals surface area contributed by atoms with Crippen LogP contribution in [0.5, 0.6) is 0 Å². The van der Waals surface area contributed by atoms with E-state index in [9.17, 15) is 0 Å². The van der Waals surface area contributed by atoms with Gasteiger partial charge in [0.05, 0.1) is 0 Å². The van der Waals surface area contributed by atoms with Crippen molar-refractivity contribution in [2.45, 2.75) is 32.9 Å². The highest BCUT2D eigenvalue weighted by atomic mass is 32.1. The maximum Gasteiger partial charge on any atom is 0.103 e. The Morgan fingerprint density at radius 1 is 1.43 bits per heavy atom. The van der Waals surface area contributed by atoms with E-state index in [0.717, 1.165) is 18.7 Å². The standard InChI is InChI=1S/C17H20N2S2/c1-11-9-13(17(18)20)3-4-14(11)10-19-7-5-16-15(12(19)2)6-8-21-16/h3-4,6,8-9,12H,5,7,10H2,1-2H3,(H2,18,20). The van der Waals surface area contributed by atoms with E-state index in [4.69, 9.17) is 18.0 Å². The van der Waals surface area contributed by atoms with Crippen LogP contribution in [0.25, 0.3) is 0 Å². The fourth-order valence-electron chi connectivity index (χ4n) is 3.02. The molecule has 2 nitrogen and oxygen atoms in total. The van der Waals surface area contributed by atoms with Crippen LogP contribution in [-0.4, -0.2) is 16.4 Å². The molecule has 1 unspecified atom stereocenters. The SMILES string of the molecule is Cc1cc(C(N)=S)ccc1CN1CCc2sccc2C1C. The molecule has 3 rings (SSSR count). The molecule has 1 atom stereocenters. The van der Waals surface area contributed by atoms with Gasteiger partial charge >= 0.3 is 0 Å². The van der Waals surface area contributed by atoms with E-state index in [1.165, 1.54) is 23.1 Å². The van der Waals surface area contributed by atoms with E-state index in [0.29, 0.717) is 11.0 Å². The van der Waals surface area contributed by atoms with Crippen LogP contribution in [0.15, 0.2) is 29.6 Å². The molecule has 110 valence electrons. The number of hydrogen-bond acceptors (Lipinski definition) is 3. The number of benzene rings is 1. The lowest BCUT2D eigenvalue weighted by atomic mass is 9.99. The van der Waals surface area contributed by atoms with Gasteiger partial charge in [0.15, 0.2) is 0 Å². The summed E-state index contributed by atoms with van der Waals surface area (Å²) < 4.78 is 0. The van der Waals surface area contributed by atoms with E-state index >= 15 is 0 Å². The Kier molecular flexibility index (Phi) is 4.11. The van der Waals surface area contributed by atoms with Crippen LogP contribution in [-0.2, 0) is 13.0 Å². The molecule has 1 aromatic carbocycles. The number of nitrogens with zero attached hydrogens (tertiary/aromatic N) is 1. The molecule has 1 aliphatic heterocycles. The average molecular weight is 316 g/mol. The molecule has 2 aromatic rings. The number of hydrogen-bond donors (Lipinski definition) is 1. The molecule has 0 spiro atoms. The fourth-order valence-corrected chi connectivity index (χ4v) is 4.11. The Bertz CT molecular complexity index is 675. The second-order valence-electron chi connectivity index (χ2n) is 5.70. The third-order valence-electron chi connectivity index (χ3n) is 4.40. The van der Waals surface area contributed by atoms with Gasteiger partial charge in [-0.2, -0.15) is 0 Å². The molecule has 0 radical (unpaired) electrons. The van der Waals surface area contributed by atoms with Crippen molar-refractivity contribution in [3.05, 3.63) is 56.8 Å². The van der Waals surface area contributed by atoms with Gasteiger partial charge in [-0.1, -0.05) is 24.4 Å². The number of rotatable bonds is 3. The first-order valence-corrected chi connectivity index (χ1v) is 8.54. The van der Waals surface area contributed by atoms with Crippen LogP contribution in [0.3, 0.4) is 0 Å². The van der Waals surface area contributed by atoms with E-state index in [-0.39, 0.29) is 0 Å².